The summed E-state index contributed by atoms with van der Waals surface area (Å²) in [6.07, 6.45) is 1.25. The van der Waals surface area contributed by atoms with Gasteiger partial charge in [-0.1, -0.05) is 13.8 Å². The summed E-state index contributed by atoms with van der Waals surface area (Å²) < 4.78 is 1.09. The fourth-order valence-corrected chi connectivity index (χ4v) is 1.64. The van der Waals surface area contributed by atoms with Gasteiger partial charge in [0.1, 0.15) is 6.54 Å². The number of carbonyl (C=O) groups is 1. The maximum absolute atomic E-state index is 11.6. The number of aliphatic hydroxyl groups is 1. The van der Waals surface area contributed by atoms with Crippen LogP contribution in [0.2, 0.25) is 0 Å². The number of aromatic nitrogens is 2. The predicted octanol–water partition coefficient (Wildman–Crippen LogP) is -0.940. The Morgan fingerprint density at radius 3 is 2.74 bits per heavy atom. The van der Waals surface area contributed by atoms with E-state index in [-0.39, 0.29) is 13.1 Å². The Kier molecular flexibility index (Phi) is 5.50. The molecule has 1 aromatic heterocycles. The molecule has 0 fully saturated rings. The molecule has 0 aliphatic heterocycles. The number of aromatic amines is 1. The molecule has 1 amide bonds. The lowest BCUT2D eigenvalue weighted by molar-refractivity contribution is -0.122. The van der Waals surface area contributed by atoms with Crippen molar-refractivity contribution in [2.45, 2.75) is 32.9 Å². The summed E-state index contributed by atoms with van der Waals surface area (Å²) in [7, 11) is 0. The van der Waals surface area contributed by atoms with E-state index in [2.05, 4.69) is 10.3 Å². The van der Waals surface area contributed by atoms with E-state index in [0.717, 1.165) is 4.57 Å². The Morgan fingerprint density at radius 2 is 2.16 bits per heavy atom. The van der Waals surface area contributed by atoms with Crippen molar-refractivity contribution in [1.82, 2.24) is 14.9 Å². The maximum atomic E-state index is 11.6. The van der Waals surface area contributed by atoms with Gasteiger partial charge in [-0.3, -0.25) is 19.1 Å². The third-order valence-electron chi connectivity index (χ3n) is 2.49. The highest BCUT2D eigenvalue weighted by Gasteiger charge is 2.09. The van der Waals surface area contributed by atoms with Crippen molar-refractivity contribution in [1.29, 1.82) is 0 Å². The summed E-state index contributed by atoms with van der Waals surface area (Å²) in [5.41, 5.74) is -1.14. The quantitative estimate of drug-likeness (QED) is 0.620. The Morgan fingerprint density at radius 1 is 1.47 bits per heavy atom. The minimum absolute atomic E-state index is 0.148. The predicted molar refractivity (Wildman–Crippen MR) is 69.8 cm³/mol. The molecular formula is C12H19N3O4. The van der Waals surface area contributed by atoms with Gasteiger partial charge in [0.2, 0.25) is 5.91 Å². The molecule has 0 aliphatic carbocycles. The van der Waals surface area contributed by atoms with E-state index < -0.39 is 23.3 Å². The molecule has 0 aliphatic rings. The molecule has 19 heavy (non-hydrogen) atoms. The van der Waals surface area contributed by atoms with E-state index in [4.69, 9.17) is 0 Å². The van der Waals surface area contributed by atoms with Crippen molar-refractivity contribution in [3.8, 4) is 0 Å². The van der Waals surface area contributed by atoms with Crippen LogP contribution in [0.1, 0.15) is 20.3 Å². The van der Waals surface area contributed by atoms with Gasteiger partial charge in [-0.25, -0.2) is 4.79 Å². The number of hydrogen-bond acceptors (Lipinski definition) is 4. The van der Waals surface area contributed by atoms with Crippen molar-refractivity contribution in [2.24, 2.45) is 5.92 Å². The fourth-order valence-electron chi connectivity index (χ4n) is 1.64. The largest absolute Gasteiger partial charge is 0.391 e. The second kappa shape index (κ2) is 6.89. The Hall–Kier alpha value is -1.89. The molecule has 1 atom stereocenters. The van der Waals surface area contributed by atoms with Crippen molar-refractivity contribution in [3.63, 3.8) is 0 Å². The second-order valence-corrected chi connectivity index (χ2v) is 4.83. The standard InChI is InChI=1S/C12H19N3O4/c1-8(2)5-9(16)6-13-11(18)7-15-4-3-10(17)14-12(15)19/h3-4,8-9,16H,5-7H2,1-2H3,(H,13,18)(H,14,17,19). The smallest absolute Gasteiger partial charge is 0.328 e. The lowest BCUT2D eigenvalue weighted by Gasteiger charge is -2.14. The molecule has 1 heterocycles. The third kappa shape index (κ3) is 5.52. The summed E-state index contributed by atoms with van der Waals surface area (Å²) in [5.74, 6) is -0.0503. The first-order valence-electron chi connectivity index (χ1n) is 6.13. The van der Waals surface area contributed by atoms with E-state index in [1.165, 1.54) is 12.3 Å². The molecule has 1 aromatic rings. The second-order valence-electron chi connectivity index (χ2n) is 4.83. The van der Waals surface area contributed by atoms with Crippen LogP contribution in [-0.4, -0.2) is 33.2 Å². The number of amides is 1. The van der Waals surface area contributed by atoms with Crippen LogP contribution in [0.4, 0.5) is 0 Å². The number of nitrogens with one attached hydrogen (secondary N) is 2. The third-order valence-corrected chi connectivity index (χ3v) is 2.49. The zero-order chi connectivity index (χ0) is 14.4. The zero-order valence-corrected chi connectivity index (χ0v) is 11.0. The van der Waals surface area contributed by atoms with Gasteiger partial charge < -0.3 is 10.4 Å². The van der Waals surface area contributed by atoms with Gasteiger partial charge in [-0.2, -0.15) is 0 Å². The van der Waals surface area contributed by atoms with E-state index in [0.29, 0.717) is 12.3 Å². The zero-order valence-electron chi connectivity index (χ0n) is 11.0. The van der Waals surface area contributed by atoms with E-state index in [1.54, 1.807) is 0 Å². The fraction of sp³-hybridized carbons (Fsp3) is 0.583. The van der Waals surface area contributed by atoms with Crippen molar-refractivity contribution in [2.75, 3.05) is 6.54 Å². The number of carbonyl (C=O) groups excluding carboxylic acids is 1. The normalized spacial score (nSPS) is 12.4. The molecule has 1 rings (SSSR count). The van der Waals surface area contributed by atoms with E-state index >= 15 is 0 Å². The SMILES string of the molecule is CC(C)CC(O)CNC(=O)Cn1ccc(=O)[nH]c1=O. The lowest BCUT2D eigenvalue weighted by Crippen LogP contribution is -2.38. The topological polar surface area (TPSA) is 104 Å². The summed E-state index contributed by atoms with van der Waals surface area (Å²) >= 11 is 0. The number of hydrogen-bond donors (Lipinski definition) is 3. The van der Waals surface area contributed by atoms with Crippen LogP contribution in [0.25, 0.3) is 0 Å². The molecule has 7 nitrogen and oxygen atoms in total. The van der Waals surface area contributed by atoms with E-state index in [1.807, 2.05) is 13.8 Å². The Balaban J connectivity index is 2.47. The molecule has 0 aromatic carbocycles. The van der Waals surface area contributed by atoms with Crippen molar-refractivity contribution in [3.05, 3.63) is 33.1 Å². The molecule has 0 radical (unpaired) electrons. The molecule has 7 heteroatoms. The summed E-state index contributed by atoms with van der Waals surface area (Å²) in [6.45, 7) is 3.91. The van der Waals surface area contributed by atoms with Gasteiger partial charge in [-0.05, 0) is 12.3 Å². The van der Waals surface area contributed by atoms with Crippen LogP contribution in [0.5, 0.6) is 0 Å². The van der Waals surface area contributed by atoms with Crippen LogP contribution in [-0.2, 0) is 11.3 Å². The van der Waals surface area contributed by atoms with Gasteiger partial charge in [0.25, 0.3) is 5.56 Å². The lowest BCUT2D eigenvalue weighted by atomic mass is 10.1. The van der Waals surface area contributed by atoms with E-state index in [9.17, 15) is 19.5 Å². The van der Waals surface area contributed by atoms with Gasteiger partial charge in [0.05, 0.1) is 6.10 Å². The highest BCUT2D eigenvalue weighted by molar-refractivity contribution is 5.75. The molecule has 0 spiro atoms. The minimum Gasteiger partial charge on any atom is -0.391 e. The Labute approximate surface area is 110 Å². The number of aliphatic hydroxyl groups excluding tert-OH is 1. The molecule has 0 bridgehead atoms. The first-order chi connectivity index (χ1) is 8.88. The average Bonchev–Trinajstić information content (AvgIpc) is 2.29. The monoisotopic (exact) mass is 269 g/mol. The van der Waals surface area contributed by atoms with Crippen LogP contribution in [0.3, 0.4) is 0 Å². The van der Waals surface area contributed by atoms with Gasteiger partial charge >= 0.3 is 5.69 Å². The maximum Gasteiger partial charge on any atom is 0.328 e. The number of H-pyrrole nitrogens is 1. The molecule has 0 saturated heterocycles. The average molecular weight is 269 g/mol. The van der Waals surface area contributed by atoms with Gasteiger partial charge in [0, 0.05) is 18.8 Å². The molecule has 0 saturated carbocycles. The Bertz CT molecular complexity index is 532. The van der Waals surface area contributed by atoms with Crippen LogP contribution in [0, 0.1) is 5.92 Å². The highest BCUT2D eigenvalue weighted by atomic mass is 16.3. The minimum atomic E-state index is -0.634. The van der Waals surface area contributed by atoms with Crippen molar-refractivity contribution >= 4 is 5.91 Å². The number of nitrogens with zero attached hydrogens (tertiary/aromatic N) is 1. The summed E-state index contributed by atoms with van der Waals surface area (Å²) in [4.78, 5) is 35.8. The molecule has 1 unspecified atom stereocenters. The number of rotatable bonds is 6. The summed E-state index contributed by atoms with van der Waals surface area (Å²) in [6, 6.07) is 1.17. The summed E-state index contributed by atoms with van der Waals surface area (Å²) in [5, 5.41) is 12.1. The first kappa shape index (κ1) is 15.2. The molecule has 106 valence electrons. The van der Waals surface area contributed by atoms with Crippen molar-refractivity contribution < 1.29 is 9.90 Å². The van der Waals surface area contributed by atoms with Crippen LogP contribution in [0.15, 0.2) is 21.9 Å². The first-order valence-corrected chi connectivity index (χ1v) is 6.13. The van der Waals surface area contributed by atoms with Crippen LogP contribution < -0.4 is 16.6 Å². The molecular weight excluding hydrogens is 250 g/mol. The highest BCUT2D eigenvalue weighted by Crippen LogP contribution is 2.02. The molecule has 3 N–H and O–H groups in total. The van der Waals surface area contributed by atoms with Crippen LogP contribution >= 0.6 is 0 Å². The van der Waals surface area contributed by atoms with Gasteiger partial charge in [-0.15, -0.1) is 0 Å². The van der Waals surface area contributed by atoms with Gasteiger partial charge in [0.15, 0.2) is 0 Å².